The molecule has 158 valence electrons. The van der Waals surface area contributed by atoms with Gasteiger partial charge in [-0.15, -0.1) is 0 Å². The Hall–Kier alpha value is -3.41. The normalized spacial score (nSPS) is 11.4. The molecule has 0 saturated heterocycles. The van der Waals surface area contributed by atoms with Gasteiger partial charge in [0.1, 0.15) is 10.8 Å². The van der Waals surface area contributed by atoms with Crippen LogP contribution >= 0.6 is 11.6 Å². The van der Waals surface area contributed by atoms with Gasteiger partial charge >= 0.3 is 12.2 Å². The fourth-order valence-electron chi connectivity index (χ4n) is 2.76. The van der Waals surface area contributed by atoms with Crippen LogP contribution in [0.5, 0.6) is 5.88 Å². The van der Waals surface area contributed by atoms with E-state index in [1.165, 1.54) is 33.2 Å². The summed E-state index contributed by atoms with van der Waals surface area (Å²) in [6.45, 7) is 1.40. The molecule has 0 aliphatic carbocycles. The van der Waals surface area contributed by atoms with Gasteiger partial charge < -0.3 is 10.1 Å². The van der Waals surface area contributed by atoms with Gasteiger partial charge in [0.25, 0.3) is 5.91 Å². The second-order valence-corrected chi connectivity index (χ2v) is 6.48. The maximum atomic E-state index is 13.5. The van der Waals surface area contributed by atoms with Crippen LogP contribution in [0.4, 0.5) is 23.7 Å². The van der Waals surface area contributed by atoms with Gasteiger partial charge in [0.2, 0.25) is 5.88 Å². The topological polar surface area (TPSA) is 111 Å². The Kier molecular flexibility index (Phi) is 5.53. The highest BCUT2D eigenvalue weighted by Gasteiger charge is 2.36. The number of rotatable bonds is 3. The number of imide groups is 1. The minimum absolute atomic E-state index is 0.0180. The number of urea groups is 1. The highest BCUT2D eigenvalue weighted by atomic mass is 35.5. The predicted molar refractivity (Wildman–Crippen MR) is 101 cm³/mol. The number of pyridine rings is 2. The number of carbonyl (C=O) groups is 2. The van der Waals surface area contributed by atoms with E-state index in [4.69, 9.17) is 16.3 Å². The first-order valence-electron chi connectivity index (χ1n) is 8.25. The summed E-state index contributed by atoms with van der Waals surface area (Å²) >= 11 is 5.79. The number of halogens is 4. The van der Waals surface area contributed by atoms with E-state index in [-0.39, 0.29) is 33.4 Å². The van der Waals surface area contributed by atoms with Gasteiger partial charge in [-0.2, -0.15) is 18.3 Å². The molecule has 3 rings (SSSR count). The van der Waals surface area contributed by atoms with E-state index in [1.54, 1.807) is 0 Å². The van der Waals surface area contributed by atoms with E-state index >= 15 is 0 Å². The summed E-state index contributed by atoms with van der Waals surface area (Å²) < 4.78 is 46.5. The highest BCUT2D eigenvalue weighted by molar-refractivity contribution is 6.29. The second kappa shape index (κ2) is 7.78. The standard InChI is InChI=1S/C17H14ClF3N6O3/c1-7-13-9(17(19,20)21)6-10(23-14(13)27(2)26-7)15(28)25-16(29)22-8-4-11(18)24-12(5-8)30-3/h4-6H,1-3H3,(H2,22,24,25,28,29). The molecule has 13 heteroatoms. The fourth-order valence-corrected chi connectivity index (χ4v) is 2.96. The Morgan fingerprint density at radius 3 is 2.53 bits per heavy atom. The number of methoxy groups -OCH3 is 1. The molecule has 0 atom stereocenters. The van der Waals surface area contributed by atoms with Gasteiger partial charge in [-0.3, -0.25) is 14.8 Å². The Bertz CT molecular complexity index is 1160. The molecule has 30 heavy (non-hydrogen) atoms. The van der Waals surface area contributed by atoms with Crippen molar-refractivity contribution in [3.8, 4) is 5.88 Å². The van der Waals surface area contributed by atoms with Crippen molar-refractivity contribution >= 4 is 40.3 Å². The summed E-state index contributed by atoms with van der Waals surface area (Å²) in [5.41, 5.74) is -1.55. The molecule has 0 bridgehead atoms. The van der Waals surface area contributed by atoms with Crippen LogP contribution in [0.25, 0.3) is 11.0 Å². The van der Waals surface area contributed by atoms with Crippen molar-refractivity contribution in [2.45, 2.75) is 13.1 Å². The minimum Gasteiger partial charge on any atom is -0.481 e. The number of aromatic nitrogens is 4. The predicted octanol–water partition coefficient (Wildman–Crippen LogP) is 3.31. The van der Waals surface area contributed by atoms with E-state index in [0.717, 1.165) is 4.68 Å². The Morgan fingerprint density at radius 1 is 1.20 bits per heavy atom. The number of nitrogens with zero attached hydrogens (tertiary/aromatic N) is 4. The molecule has 3 amide bonds. The number of amides is 3. The Morgan fingerprint density at radius 2 is 1.90 bits per heavy atom. The van der Waals surface area contributed by atoms with Crippen LogP contribution in [-0.4, -0.2) is 38.8 Å². The van der Waals surface area contributed by atoms with Gasteiger partial charge in [-0.1, -0.05) is 11.6 Å². The first kappa shape index (κ1) is 21.3. The molecule has 0 fully saturated rings. The summed E-state index contributed by atoms with van der Waals surface area (Å²) in [4.78, 5) is 32.2. The van der Waals surface area contributed by atoms with E-state index in [2.05, 4.69) is 20.4 Å². The second-order valence-electron chi connectivity index (χ2n) is 6.09. The summed E-state index contributed by atoms with van der Waals surface area (Å²) in [7, 11) is 2.74. The maximum Gasteiger partial charge on any atom is 0.417 e. The summed E-state index contributed by atoms with van der Waals surface area (Å²) in [5.74, 6) is -1.02. The van der Waals surface area contributed by atoms with E-state index in [9.17, 15) is 22.8 Å². The SMILES string of the molecule is COc1cc(NC(=O)NC(=O)c2cc(C(F)(F)F)c3c(C)nn(C)c3n2)cc(Cl)n1. The number of hydrogen-bond donors (Lipinski definition) is 2. The lowest BCUT2D eigenvalue weighted by Gasteiger charge is -2.11. The van der Waals surface area contributed by atoms with Crippen LogP contribution < -0.4 is 15.4 Å². The number of anilines is 1. The third-order valence-electron chi connectivity index (χ3n) is 3.97. The summed E-state index contributed by atoms with van der Waals surface area (Å²) in [5, 5.41) is 7.95. The van der Waals surface area contributed by atoms with Crippen LogP contribution in [0.2, 0.25) is 5.15 Å². The molecule has 0 aliphatic rings. The van der Waals surface area contributed by atoms with E-state index in [0.29, 0.717) is 6.07 Å². The Labute approximate surface area is 172 Å². The van der Waals surface area contributed by atoms with Crippen LogP contribution in [0.15, 0.2) is 18.2 Å². The lowest BCUT2D eigenvalue weighted by molar-refractivity contribution is -0.136. The molecule has 3 aromatic rings. The lowest BCUT2D eigenvalue weighted by Crippen LogP contribution is -2.35. The van der Waals surface area contributed by atoms with Crippen molar-refractivity contribution in [2.75, 3.05) is 12.4 Å². The zero-order valence-electron chi connectivity index (χ0n) is 15.8. The number of carbonyl (C=O) groups excluding carboxylic acids is 2. The molecular formula is C17H14ClF3N6O3. The summed E-state index contributed by atoms with van der Waals surface area (Å²) in [6.07, 6.45) is -4.75. The monoisotopic (exact) mass is 442 g/mol. The van der Waals surface area contributed by atoms with Crippen LogP contribution in [0, 0.1) is 6.92 Å². The molecule has 0 unspecified atom stereocenters. The molecule has 0 radical (unpaired) electrons. The third kappa shape index (κ3) is 4.27. The number of alkyl halides is 3. The number of aryl methyl sites for hydroxylation is 2. The van der Waals surface area contributed by atoms with Crippen molar-refractivity contribution in [1.82, 2.24) is 25.1 Å². The molecule has 0 aromatic carbocycles. The molecule has 0 aliphatic heterocycles. The molecule has 3 aromatic heterocycles. The molecule has 9 nitrogen and oxygen atoms in total. The zero-order valence-corrected chi connectivity index (χ0v) is 16.5. The first-order valence-corrected chi connectivity index (χ1v) is 8.63. The number of nitrogens with one attached hydrogen (secondary N) is 2. The number of ether oxygens (including phenoxy) is 1. The van der Waals surface area contributed by atoms with Crippen molar-refractivity contribution in [2.24, 2.45) is 7.05 Å². The van der Waals surface area contributed by atoms with Crippen molar-refractivity contribution in [3.63, 3.8) is 0 Å². The molecule has 3 heterocycles. The highest BCUT2D eigenvalue weighted by Crippen LogP contribution is 2.36. The maximum absolute atomic E-state index is 13.5. The smallest absolute Gasteiger partial charge is 0.417 e. The molecular weight excluding hydrogens is 429 g/mol. The lowest BCUT2D eigenvalue weighted by atomic mass is 10.1. The van der Waals surface area contributed by atoms with Gasteiger partial charge in [0.15, 0.2) is 5.65 Å². The minimum atomic E-state index is -4.75. The first-order chi connectivity index (χ1) is 14.0. The molecule has 0 spiro atoms. The van der Waals surface area contributed by atoms with E-state index < -0.39 is 29.4 Å². The quantitative estimate of drug-likeness (QED) is 0.602. The number of hydrogen-bond acceptors (Lipinski definition) is 6. The average molecular weight is 443 g/mol. The van der Waals surface area contributed by atoms with Crippen LogP contribution in [-0.2, 0) is 13.2 Å². The third-order valence-corrected chi connectivity index (χ3v) is 4.16. The average Bonchev–Trinajstić information content (AvgIpc) is 2.93. The van der Waals surface area contributed by atoms with Gasteiger partial charge in [0, 0.05) is 13.1 Å². The fraction of sp³-hybridized carbons (Fsp3) is 0.235. The van der Waals surface area contributed by atoms with E-state index in [1.807, 2.05) is 5.32 Å². The van der Waals surface area contributed by atoms with Crippen molar-refractivity contribution in [3.05, 3.63) is 40.3 Å². The van der Waals surface area contributed by atoms with Crippen LogP contribution in [0.3, 0.4) is 0 Å². The largest absolute Gasteiger partial charge is 0.481 e. The summed E-state index contributed by atoms with van der Waals surface area (Å²) in [6, 6.07) is 2.19. The van der Waals surface area contributed by atoms with Gasteiger partial charge in [-0.05, 0) is 19.1 Å². The van der Waals surface area contributed by atoms with Gasteiger partial charge in [-0.25, -0.2) is 14.8 Å². The number of fused-ring (bicyclic) bond motifs is 1. The van der Waals surface area contributed by atoms with Crippen molar-refractivity contribution < 1.29 is 27.5 Å². The molecule has 2 N–H and O–H groups in total. The zero-order chi connectivity index (χ0) is 22.2. The van der Waals surface area contributed by atoms with Crippen molar-refractivity contribution in [1.29, 1.82) is 0 Å². The van der Waals surface area contributed by atoms with Gasteiger partial charge in [0.05, 0.1) is 29.4 Å². The molecule has 0 saturated carbocycles. The van der Waals surface area contributed by atoms with Crippen LogP contribution in [0.1, 0.15) is 21.7 Å². The Balaban J connectivity index is 1.89.